The predicted octanol–water partition coefficient (Wildman–Crippen LogP) is 4.53. The molecule has 0 aromatic carbocycles. The highest BCUT2D eigenvalue weighted by Crippen LogP contribution is 2.13. The fourth-order valence-corrected chi connectivity index (χ4v) is 3.03. The molecule has 0 amide bonds. The van der Waals surface area contributed by atoms with Crippen LogP contribution in [0.15, 0.2) is 12.4 Å². The van der Waals surface area contributed by atoms with Crippen LogP contribution in [-0.2, 0) is 23.0 Å². The van der Waals surface area contributed by atoms with Crippen LogP contribution in [0.1, 0.15) is 89.8 Å². The molecule has 0 aliphatic heterocycles. The summed E-state index contributed by atoms with van der Waals surface area (Å²) >= 11 is 0. The number of ether oxygens (including phenoxy) is 1. The molecule has 0 fully saturated rings. The summed E-state index contributed by atoms with van der Waals surface area (Å²) in [5.74, 6) is 0.900. The third kappa shape index (κ3) is 11.8. The number of aliphatic hydroxyl groups is 1. The molecular weight excluding hydrogens is 316 g/mol. The van der Waals surface area contributed by atoms with Gasteiger partial charge < -0.3 is 14.4 Å². The number of carbonyl (C=O) groups is 1. The van der Waals surface area contributed by atoms with Crippen LogP contribution >= 0.6 is 0 Å². The number of unbranched alkanes of at least 4 members (excludes halogenated alkanes) is 10. The number of aryl methyl sites for hydroxylation is 2. The van der Waals surface area contributed by atoms with Crippen molar-refractivity contribution in [1.82, 2.24) is 9.55 Å². The van der Waals surface area contributed by atoms with Crippen molar-refractivity contribution in [1.29, 1.82) is 0 Å². The zero-order chi connectivity index (χ0) is 18.3. The van der Waals surface area contributed by atoms with E-state index < -0.39 is 6.29 Å². The molecule has 0 spiro atoms. The number of aromatic nitrogens is 2. The lowest BCUT2D eigenvalue weighted by Gasteiger charge is -2.06. The summed E-state index contributed by atoms with van der Waals surface area (Å²) in [6.07, 6.45) is 17.9. The Hall–Kier alpha value is -1.36. The number of nitrogens with zero attached hydrogens (tertiary/aromatic N) is 2. The topological polar surface area (TPSA) is 64.3 Å². The molecule has 5 nitrogen and oxygen atoms in total. The Morgan fingerprint density at radius 1 is 1.04 bits per heavy atom. The molecule has 1 heterocycles. The number of hydrogen-bond donors (Lipinski definition) is 1. The van der Waals surface area contributed by atoms with Gasteiger partial charge in [-0.1, -0.05) is 57.8 Å². The lowest BCUT2D eigenvalue weighted by molar-refractivity contribution is -0.164. The Bertz CT molecular complexity index is 458. The first-order chi connectivity index (χ1) is 12.1. The second-order valence-electron chi connectivity index (χ2n) is 6.93. The summed E-state index contributed by atoms with van der Waals surface area (Å²) in [7, 11) is 2.06. The number of imidazole rings is 1. The lowest BCUT2D eigenvalue weighted by Crippen LogP contribution is -2.13. The summed E-state index contributed by atoms with van der Waals surface area (Å²) in [5.41, 5.74) is 0. The van der Waals surface area contributed by atoms with Crippen LogP contribution in [0.2, 0.25) is 0 Å². The summed E-state index contributed by atoms with van der Waals surface area (Å²) in [6.45, 7) is 1.46. The molecule has 0 aliphatic rings. The lowest BCUT2D eigenvalue weighted by atomic mass is 10.0. The second kappa shape index (κ2) is 13.9. The van der Waals surface area contributed by atoms with Gasteiger partial charge in [0.05, 0.1) is 0 Å². The second-order valence-corrected chi connectivity index (χ2v) is 6.93. The van der Waals surface area contributed by atoms with Crippen molar-refractivity contribution >= 4 is 5.97 Å². The molecule has 25 heavy (non-hydrogen) atoms. The maximum atomic E-state index is 11.2. The number of esters is 1. The first kappa shape index (κ1) is 21.7. The van der Waals surface area contributed by atoms with Crippen molar-refractivity contribution in [2.75, 3.05) is 0 Å². The zero-order valence-corrected chi connectivity index (χ0v) is 16.1. The highest BCUT2D eigenvalue weighted by molar-refractivity contribution is 5.69. The summed E-state index contributed by atoms with van der Waals surface area (Å²) in [4.78, 5) is 15.6. The van der Waals surface area contributed by atoms with Crippen LogP contribution < -0.4 is 0 Å². The van der Waals surface area contributed by atoms with Gasteiger partial charge in [0.15, 0.2) is 6.29 Å². The van der Waals surface area contributed by atoms with Crippen LogP contribution in [-0.4, -0.2) is 26.9 Å². The van der Waals surface area contributed by atoms with Crippen molar-refractivity contribution in [3.63, 3.8) is 0 Å². The van der Waals surface area contributed by atoms with E-state index in [2.05, 4.69) is 21.3 Å². The van der Waals surface area contributed by atoms with Crippen molar-refractivity contribution in [2.45, 2.75) is 96.7 Å². The molecule has 1 aromatic rings. The van der Waals surface area contributed by atoms with Gasteiger partial charge >= 0.3 is 5.97 Å². The Morgan fingerprint density at radius 3 is 2.04 bits per heavy atom. The predicted molar refractivity (Wildman–Crippen MR) is 100 cm³/mol. The summed E-state index contributed by atoms with van der Waals surface area (Å²) in [5, 5.41) is 8.92. The number of aliphatic hydroxyl groups excluding tert-OH is 1. The first-order valence-corrected chi connectivity index (χ1v) is 9.93. The van der Waals surface area contributed by atoms with Gasteiger partial charge in [0.25, 0.3) is 0 Å². The van der Waals surface area contributed by atoms with Crippen molar-refractivity contribution in [3.8, 4) is 0 Å². The van der Waals surface area contributed by atoms with E-state index in [1.807, 2.05) is 12.4 Å². The van der Waals surface area contributed by atoms with Crippen molar-refractivity contribution < 1.29 is 14.6 Å². The van der Waals surface area contributed by atoms with Gasteiger partial charge in [0.2, 0.25) is 0 Å². The normalized spacial score (nSPS) is 12.3. The van der Waals surface area contributed by atoms with E-state index in [-0.39, 0.29) is 5.97 Å². The average molecular weight is 353 g/mol. The van der Waals surface area contributed by atoms with Crippen LogP contribution in [0.25, 0.3) is 0 Å². The minimum atomic E-state index is -0.984. The fourth-order valence-electron chi connectivity index (χ4n) is 3.03. The molecule has 1 unspecified atom stereocenters. The van der Waals surface area contributed by atoms with E-state index in [0.717, 1.165) is 19.3 Å². The van der Waals surface area contributed by atoms with Crippen molar-refractivity contribution in [2.24, 2.45) is 7.05 Å². The van der Waals surface area contributed by atoms with Gasteiger partial charge in [-0.2, -0.15) is 0 Å². The van der Waals surface area contributed by atoms with Gasteiger partial charge in [-0.3, -0.25) is 4.79 Å². The maximum absolute atomic E-state index is 11.2. The summed E-state index contributed by atoms with van der Waals surface area (Å²) in [6, 6.07) is 0. The molecule has 0 radical (unpaired) electrons. The smallest absolute Gasteiger partial charge is 0.308 e. The molecule has 0 aliphatic carbocycles. The standard InChI is InChI=1S/C20H36N2O3/c1-18(23)25-20(24)15-13-11-9-7-5-3-4-6-8-10-12-14-19-21-16-17-22(19)2/h16-18,23H,3-15H2,1-2H3. The van der Waals surface area contributed by atoms with E-state index in [0.29, 0.717) is 6.42 Å². The first-order valence-electron chi connectivity index (χ1n) is 9.93. The Kier molecular flexibility index (Phi) is 12.0. The van der Waals surface area contributed by atoms with Crippen LogP contribution in [0, 0.1) is 0 Å². The molecule has 0 bridgehead atoms. The molecule has 1 rings (SSSR count). The summed E-state index contributed by atoms with van der Waals surface area (Å²) < 4.78 is 6.80. The highest BCUT2D eigenvalue weighted by atomic mass is 16.6. The van der Waals surface area contributed by atoms with E-state index in [1.165, 1.54) is 70.5 Å². The molecule has 5 heteroatoms. The third-order valence-electron chi connectivity index (χ3n) is 4.50. The van der Waals surface area contributed by atoms with E-state index in [1.54, 1.807) is 0 Å². The minimum Gasteiger partial charge on any atom is -0.436 e. The quantitative estimate of drug-likeness (QED) is 0.286. The van der Waals surface area contributed by atoms with Gasteiger partial charge in [0.1, 0.15) is 5.82 Å². The molecule has 1 atom stereocenters. The van der Waals surface area contributed by atoms with Gasteiger partial charge in [-0.15, -0.1) is 0 Å². The number of carbonyl (C=O) groups excluding carboxylic acids is 1. The molecule has 1 aromatic heterocycles. The van der Waals surface area contributed by atoms with Crippen LogP contribution in [0.3, 0.4) is 0 Å². The maximum Gasteiger partial charge on any atom is 0.308 e. The van der Waals surface area contributed by atoms with Crippen molar-refractivity contribution in [3.05, 3.63) is 18.2 Å². The number of hydrogen-bond acceptors (Lipinski definition) is 4. The van der Waals surface area contributed by atoms with E-state index >= 15 is 0 Å². The average Bonchev–Trinajstić information content (AvgIpc) is 2.96. The Balaban J connectivity index is 1.77. The van der Waals surface area contributed by atoms with E-state index in [4.69, 9.17) is 5.11 Å². The fraction of sp³-hybridized carbons (Fsp3) is 0.800. The molecule has 144 valence electrons. The van der Waals surface area contributed by atoms with Gasteiger partial charge in [-0.05, 0) is 19.8 Å². The zero-order valence-electron chi connectivity index (χ0n) is 16.1. The molecule has 1 N–H and O–H groups in total. The van der Waals surface area contributed by atoms with Crippen LogP contribution in [0.5, 0.6) is 0 Å². The number of rotatable bonds is 15. The van der Waals surface area contributed by atoms with Gasteiger partial charge in [-0.25, -0.2) is 4.98 Å². The molecule has 0 saturated carbocycles. The SMILES string of the molecule is CC(O)OC(=O)CCCCCCCCCCCCCc1nccn1C. The van der Waals surface area contributed by atoms with Crippen LogP contribution in [0.4, 0.5) is 0 Å². The monoisotopic (exact) mass is 352 g/mol. The third-order valence-corrected chi connectivity index (χ3v) is 4.50. The largest absolute Gasteiger partial charge is 0.436 e. The molecular formula is C20H36N2O3. The Labute approximate surface area is 152 Å². The van der Waals surface area contributed by atoms with E-state index in [9.17, 15) is 4.79 Å². The Morgan fingerprint density at radius 2 is 1.56 bits per heavy atom. The highest BCUT2D eigenvalue weighted by Gasteiger charge is 2.05. The minimum absolute atomic E-state index is 0.294. The molecule has 0 saturated heterocycles. The van der Waals surface area contributed by atoms with Gasteiger partial charge in [0, 0.05) is 32.3 Å².